The maximum absolute atomic E-state index is 12.5. The highest BCUT2D eigenvalue weighted by molar-refractivity contribution is 5.87. The SMILES string of the molecule is CNC(=O)CCC1CCCCN1C(=O)NCc1ccc(C(=O)O)cc1. The van der Waals surface area contributed by atoms with E-state index in [9.17, 15) is 14.4 Å². The van der Waals surface area contributed by atoms with Gasteiger partial charge in [-0.25, -0.2) is 9.59 Å². The van der Waals surface area contributed by atoms with Crippen molar-refractivity contribution in [1.29, 1.82) is 0 Å². The lowest BCUT2D eigenvalue weighted by Gasteiger charge is -2.35. The topological polar surface area (TPSA) is 98.7 Å². The molecule has 1 aromatic rings. The van der Waals surface area contributed by atoms with E-state index in [1.54, 1.807) is 19.2 Å². The molecule has 7 nitrogen and oxygen atoms in total. The number of hydrogen-bond donors (Lipinski definition) is 3. The average Bonchev–Trinajstić information content (AvgIpc) is 2.64. The van der Waals surface area contributed by atoms with E-state index in [0.29, 0.717) is 25.9 Å². The van der Waals surface area contributed by atoms with E-state index < -0.39 is 5.97 Å². The lowest BCUT2D eigenvalue weighted by Crippen LogP contribution is -2.48. The van der Waals surface area contributed by atoms with Gasteiger partial charge in [-0.15, -0.1) is 0 Å². The molecule has 1 unspecified atom stereocenters. The van der Waals surface area contributed by atoms with E-state index in [0.717, 1.165) is 24.8 Å². The zero-order valence-corrected chi connectivity index (χ0v) is 14.5. The van der Waals surface area contributed by atoms with E-state index in [-0.39, 0.29) is 23.5 Å². The van der Waals surface area contributed by atoms with Crippen LogP contribution in [0, 0.1) is 0 Å². The van der Waals surface area contributed by atoms with Crippen LogP contribution in [0.4, 0.5) is 4.79 Å². The minimum atomic E-state index is -0.970. The smallest absolute Gasteiger partial charge is 0.335 e. The molecule has 1 aliphatic rings. The van der Waals surface area contributed by atoms with Gasteiger partial charge in [0.2, 0.25) is 5.91 Å². The van der Waals surface area contributed by atoms with Crippen LogP contribution in [0.1, 0.15) is 48.0 Å². The summed E-state index contributed by atoms with van der Waals surface area (Å²) in [5, 5.41) is 14.4. The third-order valence-corrected chi connectivity index (χ3v) is 4.52. The number of likely N-dealkylation sites (tertiary alicyclic amines) is 1. The molecule has 1 saturated heterocycles. The molecule has 1 aromatic carbocycles. The van der Waals surface area contributed by atoms with Gasteiger partial charge in [0.05, 0.1) is 5.56 Å². The van der Waals surface area contributed by atoms with Crippen molar-refractivity contribution < 1.29 is 19.5 Å². The molecule has 1 fully saturated rings. The number of carboxylic acid groups (broad SMARTS) is 1. The Bertz CT molecular complexity index is 615. The molecule has 1 heterocycles. The summed E-state index contributed by atoms with van der Waals surface area (Å²) >= 11 is 0. The van der Waals surface area contributed by atoms with Crippen molar-refractivity contribution in [2.75, 3.05) is 13.6 Å². The number of hydrogen-bond acceptors (Lipinski definition) is 3. The third kappa shape index (κ3) is 5.48. The molecular weight excluding hydrogens is 322 g/mol. The molecule has 2 rings (SSSR count). The Labute approximate surface area is 147 Å². The second-order valence-corrected chi connectivity index (χ2v) is 6.22. The molecule has 3 N–H and O–H groups in total. The Morgan fingerprint density at radius 3 is 2.56 bits per heavy atom. The summed E-state index contributed by atoms with van der Waals surface area (Å²) in [5.74, 6) is -0.979. The summed E-state index contributed by atoms with van der Waals surface area (Å²) in [6.45, 7) is 1.04. The zero-order chi connectivity index (χ0) is 18.2. The van der Waals surface area contributed by atoms with E-state index in [1.807, 2.05) is 4.90 Å². The lowest BCUT2D eigenvalue weighted by atomic mass is 9.98. The molecular formula is C18H25N3O4. The summed E-state index contributed by atoms with van der Waals surface area (Å²) in [6, 6.07) is 6.39. The van der Waals surface area contributed by atoms with Gasteiger partial charge in [0, 0.05) is 32.6 Å². The van der Waals surface area contributed by atoms with E-state index >= 15 is 0 Å². The first kappa shape index (κ1) is 18.8. The van der Waals surface area contributed by atoms with Gasteiger partial charge in [0.1, 0.15) is 0 Å². The van der Waals surface area contributed by atoms with Crippen LogP contribution in [0.2, 0.25) is 0 Å². The Kier molecular flexibility index (Phi) is 6.80. The number of nitrogens with one attached hydrogen (secondary N) is 2. The predicted molar refractivity (Wildman–Crippen MR) is 93.3 cm³/mol. The normalized spacial score (nSPS) is 17.0. The summed E-state index contributed by atoms with van der Waals surface area (Å²) in [7, 11) is 1.61. The largest absolute Gasteiger partial charge is 0.478 e. The fraction of sp³-hybridized carbons (Fsp3) is 0.500. The van der Waals surface area contributed by atoms with Crippen LogP contribution >= 0.6 is 0 Å². The second kappa shape index (κ2) is 9.05. The van der Waals surface area contributed by atoms with Crippen molar-refractivity contribution in [2.45, 2.75) is 44.7 Å². The number of amides is 3. The molecule has 1 aliphatic heterocycles. The minimum Gasteiger partial charge on any atom is -0.478 e. The van der Waals surface area contributed by atoms with E-state index in [2.05, 4.69) is 10.6 Å². The standard InChI is InChI=1S/C18H25N3O4/c1-19-16(22)10-9-15-4-2-3-11-21(15)18(25)20-12-13-5-7-14(8-6-13)17(23)24/h5-8,15H,2-4,9-12H2,1H3,(H,19,22)(H,20,25)(H,23,24). The van der Waals surface area contributed by atoms with Crippen LogP contribution in [0.3, 0.4) is 0 Å². The highest BCUT2D eigenvalue weighted by Crippen LogP contribution is 2.21. The second-order valence-electron chi connectivity index (χ2n) is 6.22. The van der Waals surface area contributed by atoms with Crippen molar-refractivity contribution >= 4 is 17.9 Å². The molecule has 0 bridgehead atoms. The molecule has 136 valence electrons. The van der Waals surface area contributed by atoms with Crippen molar-refractivity contribution in [1.82, 2.24) is 15.5 Å². The van der Waals surface area contributed by atoms with Crippen molar-refractivity contribution in [2.24, 2.45) is 0 Å². The molecule has 1 atom stereocenters. The lowest BCUT2D eigenvalue weighted by molar-refractivity contribution is -0.121. The Balaban J connectivity index is 1.88. The molecule has 0 saturated carbocycles. The van der Waals surface area contributed by atoms with Crippen molar-refractivity contribution in [3.05, 3.63) is 35.4 Å². The molecule has 0 aliphatic carbocycles. The summed E-state index contributed by atoms with van der Waals surface area (Å²) < 4.78 is 0. The molecule has 7 heteroatoms. The van der Waals surface area contributed by atoms with Gasteiger partial charge in [-0.3, -0.25) is 4.79 Å². The summed E-state index contributed by atoms with van der Waals surface area (Å²) in [5.41, 5.74) is 1.07. The van der Waals surface area contributed by atoms with Crippen LogP contribution in [0.15, 0.2) is 24.3 Å². The van der Waals surface area contributed by atoms with Crippen LogP contribution in [-0.2, 0) is 11.3 Å². The van der Waals surface area contributed by atoms with Gasteiger partial charge in [0.15, 0.2) is 0 Å². The number of carboxylic acids is 1. The quantitative estimate of drug-likeness (QED) is 0.733. The number of carbonyl (C=O) groups excluding carboxylic acids is 2. The maximum Gasteiger partial charge on any atom is 0.335 e. The number of piperidine rings is 1. The maximum atomic E-state index is 12.5. The average molecular weight is 347 g/mol. The fourth-order valence-electron chi connectivity index (χ4n) is 3.04. The van der Waals surface area contributed by atoms with Crippen molar-refractivity contribution in [3.8, 4) is 0 Å². The van der Waals surface area contributed by atoms with E-state index in [4.69, 9.17) is 5.11 Å². The van der Waals surface area contributed by atoms with Crippen LogP contribution in [-0.4, -0.2) is 47.5 Å². The molecule has 0 aromatic heterocycles. The monoisotopic (exact) mass is 347 g/mol. The highest BCUT2D eigenvalue weighted by atomic mass is 16.4. The summed E-state index contributed by atoms with van der Waals surface area (Å²) in [6.07, 6.45) is 4.04. The highest BCUT2D eigenvalue weighted by Gasteiger charge is 2.26. The van der Waals surface area contributed by atoms with Gasteiger partial charge < -0.3 is 20.6 Å². The minimum absolute atomic E-state index is 0.00977. The molecule has 0 spiro atoms. The van der Waals surface area contributed by atoms with Gasteiger partial charge in [-0.1, -0.05) is 12.1 Å². The van der Waals surface area contributed by atoms with Gasteiger partial charge in [-0.05, 0) is 43.4 Å². The Morgan fingerprint density at radius 2 is 1.92 bits per heavy atom. The Hall–Kier alpha value is -2.57. The van der Waals surface area contributed by atoms with Crippen LogP contribution in [0.25, 0.3) is 0 Å². The van der Waals surface area contributed by atoms with Crippen molar-refractivity contribution in [3.63, 3.8) is 0 Å². The number of benzene rings is 1. The van der Waals surface area contributed by atoms with Gasteiger partial charge in [0.25, 0.3) is 0 Å². The number of carbonyl (C=O) groups is 3. The number of rotatable bonds is 6. The third-order valence-electron chi connectivity index (χ3n) is 4.52. The number of aromatic carboxylic acids is 1. The van der Waals surface area contributed by atoms with Crippen LogP contribution in [0.5, 0.6) is 0 Å². The molecule has 3 amide bonds. The first-order valence-corrected chi connectivity index (χ1v) is 8.58. The zero-order valence-electron chi connectivity index (χ0n) is 14.5. The first-order valence-electron chi connectivity index (χ1n) is 8.58. The Morgan fingerprint density at radius 1 is 1.20 bits per heavy atom. The molecule has 25 heavy (non-hydrogen) atoms. The van der Waals surface area contributed by atoms with Gasteiger partial charge in [-0.2, -0.15) is 0 Å². The van der Waals surface area contributed by atoms with Crippen LogP contribution < -0.4 is 10.6 Å². The number of urea groups is 1. The first-order chi connectivity index (χ1) is 12.0. The fourth-order valence-corrected chi connectivity index (χ4v) is 3.04. The molecule has 0 radical (unpaired) electrons. The predicted octanol–water partition coefficient (Wildman–Crippen LogP) is 1.98. The van der Waals surface area contributed by atoms with E-state index in [1.165, 1.54) is 12.1 Å². The number of nitrogens with zero attached hydrogens (tertiary/aromatic N) is 1. The van der Waals surface area contributed by atoms with Gasteiger partial charge >= 0.3 is 12.0 Å². The summed E-state index contributed by atoms with van der Waals surface area (Å²) in [4.78, 5) is 36.6.